The molecule has 0 spiro atoms. The zero-order chi connectivity index (χ0) is 13.4. The van der Waals surface area contributed by atoms with E-state index in [-0.39, 0.29) is 11.8 Å². The van der Waals surface area contributed by atoms with E-state index >= 15 is 0 Å². The lowest BCUT2D eigenvalue weighted by atomic mass is 9.80. The second-order valence-corrected chi connectivity index (χ2v) is 4.93. The number of amides is 2. The lowest BCUT2D eigenvalue weighted by molar-refractivity contribution is -0.134. The maximum Gasteiger partial charge on any atom is 0.245 e. The Morgan fingerprint density at radius 1 is 1.11 bits per heavy atom. The van der Waals surface area contributed by atoms with Crippen molar-refractivity contribution in [2.75, 3.05) is 19.6 Å². The van der Waals surface area contributed by atoms with E-state index in [2.05, 4.69) is 16.0 Å². The molecule has 1 fully saturated rings. The van der Waals surface area contributed by atoms with E-state index in [1.54, 1.807) is 0 Å². The van der Waals surface area contributed by atoms with Crippen molar-refractivity contribution in [3.63, 3.8) is 0 Å². The smallest absolute Gasteiger partial charge is 0.245 e. The summed E-state index contributed by atoms with van der Waals surface area (Å²) in [6, 6.07) is 0. The Hall–Kier alpha value is -1.10. The van der Waals surface area contributed by atoms with Crippen LogP contribution in [0.15, 0.2) is 0 Å². The third-order valence-electron chi connectivity index (χ3n) is 3.39. The van der Waals surface area contributed by atoms with E-state index in [1.165, 1.54) is 6.92 Å². The Kier molecular flexibility index (Phi) is 6.12. The molecule has 0 radical (unpaired) electrons. The molecule has 1 aliphatic rings. The molecule has 0 saturated heterocycles. The van der Waals surface area contributed by atoms with Gasteiger partial charge >= 0.3 is 0 Å². The van der Waals surface area contributed by atoms with Gasteiger partial charge in [-0.3, -0.25) is 9.59 Å². The summed E-state index contributed by atoms with van der Waals surface area (Å²) in [5.74, 6) is -0.158. The largest absolute Gasteiger partial charge is 0.353 e. The first-order valence-electron chi connectivity index (χ1n) is 6.88. The minimum Gasteiger partial charge on any atom is -0.353 e. The van der Waals surface area contributed by atoms with E-state index in [4.69, 9.17) is 0 Å². The molecule has 0 atom stereocenters. The molecule has 5 nitrogen and oxygen atoms in total. The second kappa shape index (κ2) is 7.36. The van der Waals surface area contributed by atoms with Crippen molar-refractivity contribution in [1.29, 1.82) is 0 Å². The first kappa shape index (κ1) is 15.0. The lowest BCUT2D eigenvalue weighted by Gasteiger charge is -2.36. The Balaban J connectivity index is 2.53. The van der Waals surface area contributed by atoms with Crippen molar-refractivity contribution >= 4 is 11.8 Å². The van der Waals surface area contributed by atoms with Gasteiger partial charge in [-0.25, -0.2) is 0 Å². The molecular weight excluding hydrogens is 230 g/mol. The van der Waals surface area contributed by atoms with Crippen LogP contribution in [0.25, 0.3) is 0 Å². The average Bonchev–Trinajstić information content (AvgIpc) is 2.34. The molecule has 1 rings (SSSR count). The van der Waals surface area contributed by atoms with Crippen LogP contribution in [0.3, 0.4) is 0 Å². The van der Waals surface area contributed by atoms with Gasteiger partial charge in [0, 0.05) is 20.0 Å². The Bertz CT molecular complexity index is 286. The molecular formula is C13H25N3O2. The standard InChI is InChI=1S/C13H25N3O2/c1-3-14-9-10-15-12(18)13(16-11(2)17)7-5-4-6-8-13/h14H,3-10H2,1-2H3,(H,15,18)(H,16,17). The van der Waals surface area contributed by atoms with Gasteiger partial charge in [-0.15, -0.1) is 0 Å². The Morgan fingerprint density at radius 2 is 1.78 bits per heavy atom. The van der Waals surface area contributed by atoms with Crippen LogP contribution in [0, 0.1) is 0 Å². The van der Waals surface area contributed by atoms with Gasteiger partial charge in [0.25, 0.3) is 0 Å². The maximum atomic E-state index is 12.3. The molecule has 5 heteroatoms. The minimum atomic E-state index is -0.670. The van der Waals surface area contributed by atoms with E-state index < -0.39 is 5.54 Å². The van der Waals surface area contributed by atoms with Gasteiger partial charge in [-0.2, -0.15) is 0 Å². The fraction of sp³-hybridized carbons (Fsp3) is 0.846. The number of carbonyl (C=O) groups is 2. The number of hydrogen-bond acceptors (Lipinski definition) is 3. The number of hydrogen-bond donors (Lipinski definition) is 3. The highest BCUT2D eigenvalue weighted by molar-refractivity contribution is 5.91. The molecule has 0 aromatic rings. The van der Waals surface area contributed by atoms with Crippen LogP contribution < -0.4 is 16.0 Å². The monoisotopic (exact) mass is 255 g/mol. The molecule has 0 bridgehead atoms. The molecule has 3 N–H and O–H groups in total. The van der Waals surface area contributed by atoms with Gasteiger partial charge in [0.2, 0.25) is 11.8 Å². The quantitative estimate of drug-likeness (QED) is 0.607. The first-order valence-corrected chi connectivity index (χ1v) is 6.88. The van der Waals surface area contributed by atoms with Gasteiger partial charge < -0.3 is 16.0 Å². The zero-order valence-electron chi connectivity index (χ0n) is 11.5. The maximum absolute atomic E-state index is 12.3. The molecule has 2 amide bonds. The molecule has 0 aromatic carbocycles. The summed E-state index contributed by atoms with van der Waals surface area (Å²) >= 11 is 0. The molecule has 0 aliphatic heterocycles. The zero-order valence-corrected chi connectivity index (χ0v) is 11.5. The van der Waals surface area contributed by atoms with E-state index in [0.717, 1.165) is 45.2 Å². The lowest BCUT2D eigenvalue weighted by Crippen LogP contribution is -2.59. The Morgan fingerprint density at radius 3 is 2.33 bits per heavy atom. The summed E-state index contributed by atoms with van der Waals surface area (Å²) in [7, 11) is 0. The predicted molar refractivity (Wildman–Crippen MR) is 71.2 cm³/mol. The van der Waals surface area contributed by atoms with Crippen LogP contribution in [-0.2, 0) is 9.59 Å². The summed E-state index contributed by atoms with van der Waals surface area (Å²) in [6.07, 6.45) is 4.65. The van der Waals surface area contributed by atoms with Gasteiger partial charge in [0.05, 0.1) is 0 Å². The third kappa shape index (κ3) is 4.29. The number of rotatable bonds is 6. The van der Waals surface area contributed by atoms with Crippen LogP contribution in [0.1, 0.15) is 46.0 Å². The van der Waals surface area contributed by atoms with E-state index in [9.17, 15) is 9.59 Å². The van der Waals surface area contributed by atoms with Crippen LogP contribution >= 0.6 is 0 Å². The SMILES string of the molecule is CCNCCNC(=O)C1(NC(C)=O)CCCCC1. The van der Waals surface area contributed by atoms with Gasteiger partial charge in [-0.05, 0) is 19.4 Å². The average molecular weight is 255 g/mol. The summed E-state index contributed by atoms with van der Waals surface area (Å²) in [6.45, 7) is 5.77. The van der Waals surface area contributed by atoms with Crippen molar-refractivity contribution in [2.24, 2.45) is 0 Å². The molecule has 0 unspecified atom stereocenters. The normalized spacial score (nSPS) is 18.1. The van der Waals surface area contributed by atoms with Crippen molar-refractivity contribution in [2.45, 2.75) is 51.5 Å². The predicted octanol–water partition coefficient (Wildman–Crippen LogP) is 0.551. The van der Waals surface area contributed by atoms with Gasteiger partial charge in [-0.1, -0.05) is 26.2 Å². The number of carbonyl (C=O) groups excluding carboxylic acids is 2. The van der Waals surface area contributed by atoms with Crippen molar-refractivity contribution in [3.05, 3.63) is 0 Å². The van der Waals surface area contributed by atoms with Crippen molar-refractivity contribution < 1.29 is 9.59 Å². The molecule has 18 heavy (non-hydrogen) atoms. The number of likely N-dealkylation sites (N-methyl/N-ethyl adjacent to an activating group) is 1. The molecule has 104 valence electrons. The highest BCUT2D eigenvalue weighted by Crippen LogP contribution is 2.28. The van der Waals surface area contributed by atoms with Crippen LogP contribution in [-0.4, -0.2) is 37.0 Å². The fourth-order valence-corrected chi connectivity index (χ4v) is 2.51. The topological polar surface area (TPSA) is 70.2 Å². The molecule has 0 aromatic heterocycles. The Labute approximate surface area is 109 Å². The number of nitrogens with one attached hydrogen (secondary N) is 3. The van der Waals surface area contributed by atoms with Crippen molar-refractivity contribution in [3.8, 4) is 0 Å². The minimum absolute atomic E-state index is 0.0321. The van der Waals surface area contributed by atoms with Crippen LogP contribution in [0.5, 0.6) is 0 Å². The molecule has 1 aliphatic carbocycles. The van der Waals surface area contributed by atoms with Gasteiger partial charge in [0.1, 0.15) is 5.54 Å². The van der Waals surface area contributed by atoms with Gasteiger partial charge in [0.15, 0.2) is 0 Å². The highest BCUT2D eigenvalue weighted by Gasteiger charge is 2.39. The van der Waals surface area contributed by atoms with Crippen LogP contribution in [0.4, 0.5) is 0 Å². The third-order valence-corrected chi connectivity index (χ3v) is 3.39. The summed E-state index contributed by atoms with van der Waals surface area (Å²) in [5, 5.41) is 8.94. The first-order chi connectivity index (χ1) is 8.60. The summed E-state index contributed by atoms with van der Waals surface area (Å²) in [5.41, 5.74) is -0.670. The second-order valence-electron chi connectivity index (χ2n) is 4.93. The highest BCUT2D eigenvalue weighted by atomic mass is 16.2. The molecule has 1 saturated carbocycles. The molecule has 0 heterocycles. The van der Waals surface area contributed by atoms with E-state index in [1.807, 2.05) is 6.92 Å². The fourth-order valence-electron chi connectivity index (χ4n) is 2.51. The van der Waals surface area contributed by atoms with Crippen molar-refractivity contribution in [1.82, 2.24) is 16.0 Å². The summed E-state index contributed by atoms with van der Waals surface area (Å²) in [4.78, 5) is 23.6. The van der Waals surface area contributed by atoms with Crippen LogP contribution in [0.2, 0.25) is 0 Å². The van der Waals surface area contributed by atoms with E-state index in [0.29, 0.717) is 6.54 Å². The summed E-state index contributed by atoms with van der Waals surface area (Å²) < 4.78 is 0.